The zero-order chi connectivity index (χ0) is 20.3. The molecule has 148 valence electrons. The Bertz CT molecular complexity index is 920. The number of hydrogen-bond acceptors (Lipinski definition) is 4. The summed E-state index contributed by atoms with van der Waals surface area (Å²) in [5.41, 5.74) is 3.67. The van der Waals surface area contributed by atoms with Gasteiger partial charge in [-0.2, -0.15) is 13.2 Å². The van der Waals surface area contributed by atoms with Crippen LogP contribution in [0.2, 0.25) is 0 Å². The molecule has 4 nitrogen and oxygen atoms in total. The Kier molecular flexibility index (Phi) is 5.53. The molecular weight excluding hydrogens is 367 g/mol. The van der Waals surface area contributed by atoms with E-state index in [2.05, 4.69) is 22.5 Å². The van der Waals surface area contributed by atoms with Gasteiger partial charge < -0.3 is 20.7 Å². The van der Waals surface area contributed by atoms with Gasteiger partial charge in [0.1, 0.15) is 11.6 Å². The average Bonchev–Trinajstić information content (AvgIpc) is 3.00. The second-order valence-corrected chi connectivity index (χ2v) is 6.47. The number of allylic oxidation sites excluding steroid dienone is 2. The Labute approximate surface area is 162 Å². The summed E-state index contributed by atoms with van der Waals surface area (Å²) >= 11 is 0. The molecule has 0 atom stereocenters. The van der Waals surface area contributed by atoms with Gasteiger partial charge in [0.15, 0.2) is 0 Å². The van der Waals surface area contributed by atoms with Gasteiger partial charge in [0.05, 0.1) is 12.7 Å². The van der Waals surface area contributed by atoms with Crippen molar-refractivity contribution in [3.63, 3.8) is 0 Å². The molecule has 0 aromatic heterocycles. The van der Waals surface area contributed by atoms with Gasteiger partial charge in [-0.15, -0.1) is 0 Å². The lowest BCUT2D eigenvalue weighted by Gasteiger charge is -2.17. The third-order valence-corrected chi connectivity index (χ3v) is 4.30. The Hall–Kier alpha value is -3.09. The van der Waals surface area contributed by atoms with Crippen LogP contribution in [0.15, 0.2) is 60.6 Å². The molecule has 0 saturated carbocycles. The number of fused-ring (bicyclic) bond motifs is 1. The predicted octanol–water partition coefficient (Wildman–Crippen LogP) is 5.97. The third-order valence-electron chi connectivity index (χ3n) is 4.30. The average molecular weight is 389 g/mol. The molecule has 1 aliphatic heterocycles. The van der Waals surface area contributed by atoms with Gasteiger partial charge in [-0.05, 0) is 42.3 Å². The van der Waals surface area contributed by atoms with Crippen LogP contribution in [0.1, 0.15) is 24.5 Å². The maximum Gasteiger partial charge on any atom is 0.419 e. The zero-order valence-corrected chi connectivity index (χ0v) is 15.7. The van der Waals surface area contributed by atoms with Crippen LogP contribution in [-0.2, 0) is 12.6 Å². The molecule has 3 rings (SSSR count). The van der Waals surface area contributed by atoms with E-state index in [4.69, 9.17) is 4.74 Å². The summed E-state index contributed by atoms with van der Waals surface area (Å²) in [4.78, 5) is 0. The van der Waals surface area contributed by atoms with Crippen LogP contribution < -0.4 is 20.7 Å². The van der Waals surface area contributed by atoms with Crippen LogP contribution in [0, 0.1) is 0 Å². The topological polar surface area (TPSA) is 45.3 Å². The van der Waals surface area contributed by atoms with Crippen LogP contribution >= 0.6 is 0 Å². The quantitative estimate of drug-likeness (QED) is 0.569. The molecule has 0 bridgehead atoms. The molecular formula is C21H22F3N3O. The molecule has 7 heteroatoms. The van der Waals surface area contributed by atoms with E-state index in [1.807, 2.05) is 31.2 Å². The lowest BCUT2D eigenvalue weighted by molar-refractivity contribution is -0.138. The maximum atomic E-state index is 13.0. The molecule has 28 heavy (non-hydrogen) atoms. The molecule has 0 spiro atoms. The highest BCUT2D eigenvalue weighted by Gasteiger charge is 2.34. The van der Waals surface area contributed by atoms with Gasteiger partial charge in [0.2, 0.25) is 0 Å². The fraction of sp³-hybridized carbons (Fsp3) is 0.238. The first-order valence-corrected chi connectivity index (χ1v) is 8.87. The molecule has 0 fully saturated rings. The second kappa shape index (κ2) is 7.88. The Morgan fingerprint density at radius 3 is 2.50 bits per heavy atom. The van der Waals surface area contributed by atoms with E-state index in [1.165, 1.54) is 24.8 Å². The lowest BCUT2D eigenvalue weighted by Crippen LogP contribution is -2.11. The van der Waals surface area contributed by atoms with E-state index in [9.17, 15) is 13.2 Å². The summed E-state index contributed by atoms with van der Waals surface area (Å²) in [5, 5.41) is 9.63. The van der Waals surface area contributed by atoms with Crippen LogP contribution in [0.3, 0.4) is 0 Å². The minimum Gasteiger partial charge on any atom is -0.496 e. The van der Waals surface area contributed by atoms with Crippen LogP contribution in [0.5, 0.6) is 5.75 Å². The SMILES string of the molecule is C=C1Cc2ccc(N/C(=C\CC)Nc3ccc(C(F)(F)F)c(OC)c3)cc2N1. The highest BCUT2D eigenvalue weighted by molar-refractivity contribution is 5.69. The molecule has 2 aromatic carbocycles. The first kappa shape index (κ1) is 19.7. The van der Waals surface area contributed by atoms with E-state index < -0.39 is 11.7 Å². The number of methoxy groups -OCH3 is 1. The summed E-state index contributed by atoms with van der Waals surface area (Å²) < 4.78 is 44.0. The Morgan fingerprint density at radius 1 is 1.18 bits per heavy atom. The van der Waals surface area contributed by atoms with Gasteiger partial charge in [-0.25, -0.2) is 0 Å². The van der Waals surface area contributed by atoms with Crippen LogP contribution in [0.4, 0.5) is 30.2 Å². The van der Waals surface area contributed by atoms with Crippen molar-refractivity contribution in [2.75, 3.05) is 23.1 Å². The molecule has 0 unspecified atom stereocenters. The molecule has 2 aromatic rings. The van der Waals surface area contributed by atoms with Crippen molar-refractivity contribution in [2.24, 2.45) is 0 Å². The van der Waals surface area contributed by atoms with Crippen LogP contribution in [0.25, 0.3) is 0 Å². The van der Waals surface area contributed by atoms with Gasteiger partial charge in [-0.1, -0.05) is 19.6 Å². The number of ether oxygens (including phenoxy) is 1. The normalized spacial score (nSPS) is 13.8. The van der Waals surface area contributed by atoms with E-state index in [0.717, 1.165) is 36.0 Å². The molecule has 0 radical (unpaired) electrons. The van der Waals surface area contributed by atoms with Crippen molar-refractivity contribution in [3.05, 3.63) is 71.7 Å². The smallest absolute Gasteiger partial charge is 0.419 e. The first-order valence-electron chi connectivity index (χ1n) is 8.87. The fourth-order valence-electron chi connectivity index (χ4n) is 3.04. The maximum absolute atomic E-state index is 13.0. The zero-order valence-electron chi connectivity index (χ0n) is 15.7. The summed E-state index contributed by atoms with van der Waals surface area (Å²) in [6, 6.07) is 9.68. The second-order valence-electron chi connectivity index (χ2n) is 6.47. The minimum absolute atomic E-state index is 0.228. The van der Waals surface area contributed by atoms with Crippen LogP contribution in [-0.4, -0.2) is 7.11 Å². The Balaban J connectivity index is 1.80. The van der Waals surface area contributed by atoms with Crippen molar-refractivity contribution in [1.82, 2.24) is 0 Å². The van der Waals surface area contributed by atoms with Crippen molar-refractivity contribution in [2.45, 2.75) is 25.9 Å². The Morgan fingerprint density at radius 2 is 1.86 bits per heavy atom. The molecule has 3 N–H and O–H groups in total. The summed E-state index contributed by atoms with van der Waals surface area (Å²) in [7, 11) is 1.22. The predicted molar refractivity (Wildman–Crippen MR) is 107 cm³/mol. The number of benzene rings is 2. The number of nitrogens with one attached hydrogen (secondary N) is 3. The molecule has 1 aliphatic rings. The van der Waals surface area contributed by atoms with E-state index in [0.29, 0.717) is 11.5 Å². The van der Waals surface area contributed by atoms with Crippen molar-refractivity contribution >= 4 is 17.1 Å². The fourth-order valence-corrected chi connectivity index (χ4v) is 3.04. The monoisotopic (exact) mass is 389 g/mol. The van der Waals surface area contributed by atoms with Gasteiger partial charge >= 0.3 is 6.18 Å². The molecule has 1 heterocycles. The number of rotatable bonds is 6. The number of anilines is 3. The molecule has 0 aliphatic carbocycles. The molecule has 0 saturated heterocycles. The summed E-state index contributed by atoms with van der Waals surface area (Å²) in [5.74, 6) is 0.440. The van der Waals surface area contributed by atoms with Gasteiger partial charge in [-0.3, -0.25) is 0 Å². The highest BCUT2D eigenvalue weighted by atomic mass is 19.4. The van der Waals surface area contributed by atoms with Crippen molar-refractivity contribution in [3.8, 4) is 5.75 Å². The van der Waals surface area contributed by atoms with Crippen molar-refractivity contribution < 1.29 is 17.9 Å². The largest absolute Gasteiger partial charge is 0.496 e. The van der Waals surface area contributed by atoms with E-state index in [-0.39, 0.29) is 5.75 Å². The van der Waals surface area contributed by atoms with E-state index >= 15 is 0 Å². The molecule has 0 amide bonds. The minimum atomic E-state index is -4.47. The summed E-state index contributed by atoms with van der Waals surface area (Å²) in [6.07, 6.45) is -1.00. The van der Waals surface area contributed by atoms with Gasteiger partial charge in [0, 0.05) is 35.2 Å². The third kappa shape index (κ3) is 4.42. The summed E-state index contributed by atoms with van der Waals surface area (Å²) in [6.45, 7) is 5.92. The number of halogens is 3. The standard InChI is InChI=1S/C21H22F3N3O/c1-4-5-20(26-15-7-6-14-10-13(2)25-18(14)11-15)27-16-8-9-17(21(22,23)24)19(12-16)28-3/h5-9,11-12,25-27H,2,4,10H2,1,3H3/b20-5+. The van der Waals surface area contributed by atoms with Crippen molar-refractivity contribution in [1.29, 1.82) is 0 Å². The lowest BCUT2D eigenvalue weighted by atomic mass is 10.1. The first-order chi connectivity index (χ1) is 13.3. The number of alkyl halides is 3. The van der Waals surface area contributed by atoms with Gasteiger partial charge in [0.25, 0.3) is 0 Å². The number of hydrogen-bond donors (Lipinski definition) is 3. The van der Waals surface area contributed by atoms with E-state index in [1.54, 1.807) is 0 Å². The highest BCUT2D eigenvalue weighted by Crippen LogP contribution is 2.38.